The van der Waals surface area contributed by atoms with E-state index in [4.69, 9.17) is 16.6 Å². The molecule has 32 heavy (non-hydrogen) atoms. The lowest BCUT2D eigenvalue weighted by Gasteiger charge is -2.31. The molecule has 0 saturated heterocycles. The molecule has 0 aliphatic carbocycles. The van der Waals surface area contributed by atoms with Gasteiger partial charge in [0.15, 0.2) is 0 Å². The number of fused-ring (bicyclic) bond motifs is 2. The third-order valence-electron chi connectivity index (χ3n) is 5.73. The fourth-order valence-corrected chi connectivity index (χ4v) is 4.33. The van der Waals surface area contributed by atoms with E-state index in [-0.39, 0.29) is 11.9 Å². The van der Waals surface area contributed by atoms with Gasteiger partial charge in [-0.15, -0.1) is 0 Å². The molecular weight excluding hydrogens is 425 g/mol. The van der Waals surface area contributed by atoms with Crippen molar-refractivity contribution in [1.82, 2.24) is 15.0 Å². The fourth-order valence-electron chi connectivity index (χ4n) is 4.20. The van der Waals surface area contributed by atoms with Gasteiger partial charge < -0.3 is 10.2 Å². The van der Waals surface area contributed by atoms with Gasteiger partial charge in [0.2, 0.25) is 0 Å². The van der Waals surface area contributed by atoms with E-state index in [1.807, 2.05) is 37.3 Å². The van der Waals surface area contributed by atoms with Gasteiger partial charge in [0.05, 0.1) is 28.6 Å². The van der Waals surface area contributed by atoms with E-state index in [0.29, 0.717) is 16.2 Å². The molecule has 162 valence electrons. The summed E-state index contributed by atoms with van der Waals surface area (Å²) in [5.74, 6) is 1.10. The highest BCUT2D eigenvalue weighted by Crippen LogP contribution is 2.36. The maximum absolute atomic E-state index is 14.0. The van der Waals surface area contributed by atoms with Crippen molar-refractivity contribution in [3.05, 3.63) is 82.6 Å². The van der Waals surface area contributed by atoms with Gasteiger partial charge in [0.25, 0.3) is 0 Å². The molecule has 1 aliphatic rings. The van der Waals surface area contributed by atoms with E-state index in [9.17, 15) is 4.39 Å². The molecule has 3 heterocycles. The number of hydrogen-bond donors (Lipinski definition) is 1. The topological polar surface area (TPSA) is 53.9 Å². The van der Waals surface area contributed by atoms with Crippen LogP contribution in [0.1, 0.15) is 36.6 Å². The molecule has 4 aromatic rings. The van der Waals surface area contributed by atoms with E-state index >= 15 is 0 Å². The van der Waals surface area contributed by atoms with Crippen LogP contribution >= 0.6 is 11.6 Å². The minimum atomic E-state index is -0.293. The van der Waals surface area contributed by atoms with Crippen LogP contribution in [-0.4, -0.2) is 21.5 Å². The average Bonchev–Trinajstić information content (AvgIpc) is 2.79. The Morgan fingerprint density at radius 2 is 1.84 bits per heavy atom. The average molecular weight is 448 g/mol. The van der Waals surface area contributed by atoms with Gasteiger partial charge in [-0.3, -0.25) is 4.98 Å². The first kappa shape index (κ1) is 20.6. The molecule has 0 fully saturated rings. The molecule has 5 rings (SSSR count). The summed E-state index contributed by atoms with van der Waals surface area (Å²) in [6.07, 6.45) is 1.84. The molecule has 7 heteroatoms. The smallest absolute Gasteiger partial charge is 0.144 e. The SMILES string of the molecule is Cc1nc(N2CCCc3nc(C(C)Nc4ccc(Cl)cc4)ccc32)c2cc(F)ccc2n1. The van der Waals surface area contributed by atoms with E-state index < -0.39 is 0 Å². The highest BCUT2D eigenvalue weighted by Gasteiger charge is 2.24. The van der Waals surface area contributed by atoms with E-state index in [1.54, 1.807) is 6.07 Å². The van der Waals surface area contributed by atoms with Crippen molar-refractivity contribution in [2.45, 2.75) is 32.7 Å². The molecule has 1 unspecified atom stereocenters. The Hall–Kier alpha value is -3.25. The molecule has 1 atom stereocenters. The van der Waals surface area contributed by atoms with Crippen LogP contribution in [0.3, 0.4) is 0 Å². The monoisotopic (exact) mass is 447 g/mol. The molecule has 2 aromatic heterocycles. The number of aromatic nitrogens is 3. The maximum atomic E-state index is 14.0. The zero-order valence-corrected chi connectivity index (χ0v) is 18.7. The van der Waals surface area contributed by atoms with Crippen molar-refractivity contribution in [1.29, 1.82) is 0 Å². The van der Waals surface area contributed by atoms with Crippen LogP contribution in [-0.2, 0) is 6.42 Å². The molecular formula is C25H23ClFN5. The molecule has 0 bridgehead atoms. The summed E-state index contributed by atoms with van der Waals surface area (Å²) in [7, 11) is 0. The Kier molecular flexibility index (Phi) is 5.39. The Bertz CT molecular complexity index is 1290. The molecule has 5 nitrogen and oxygen atoms in total. The summed E-state index contributed by atoms with van der Waals surface area (Å²) in [6, 6.07) is 16.5. The number of pyridine rings is 1. The van der Waals surface area contributed by atoms with Crippen LogP contribution in [0.4, 0.5) is 21.6 Å². The number of benzene rings is 2. The van der Waals surface area contributed by atoms with Crippen molar-refractivity contribution in [2.24, 2.45) is 0 Å². The second kappa shape index (κ2) is 8.36. The van der Waals surface area contributed by atoms with Crippen LogP contribution in [0.15, 0.2) is 54.6 Å². The third-order valence-corrected chi connectivity index (χ3v) is 5.99. The molecule has 0 amide bonds. The van der Waals surface area contributed by atoms with Gasteiger partial charge in [-0.2, -0.15) is 0 Å². The maximum Gasteiger partial charge on any atom is 0.144 e. The van der Waals surface area contributed by atoms with Crippen LogP contribution in [0.25, 0.3) is 10.9 Å². The van der Waals surface area contributed by atoms with Crippen molar-refractivity contribution < 1.29 is 4.39 Å². The summed E-state index contributed by atoms with van der Waals surface area (Å²) >= 11 is 5.99. The van der Waals surface area contributed by atoms with Gasteiger partial charge in [0.1, 0.15) is 17.5 Å². The largest absolute Gasteiger partial charge is 0.377 e. The predicted molar refractivity (Wildman–Crippen MR) is 127 cm³/mol. The lowest BCUT2D eigenvalue weighted by Crippen LogP contribution is -2.27. The first-order chi connectivity index (χ1) is 15.5. The number of nitrogens with one attached hydrogen (secondary N) is 1. The van der Waals surface area contributed by atoms with Crippen molar-refractivity contribution in [3.63, 3.8) is 0 Å². The molecule has 0 saturated carbocycles. The molecule has 2 aromatic carbocycles. The number of aryl methyl sites for hydroxylation is 2. The van der Waals surface area contributed by atoms with Gasteiger partial charge >= 0.3 is 0 Å². The number of rotatable bonds is 4. The molecule has 1 N–H and O–H groups in total. The summed E-state index contributed by atoms with van der Waals surface area (Å²) < 4.78 is 14.0. The highest BCUT2D eigenvalue weighted by molar-refractivity contribution is 6.30. The Morgan fingerprint density at radius 3 is 2.66 bits per heavy atom. The highest BCUT2D eigenvalue weighted by atomic mass is 35.5. The summed E-state index contributed by atoms with van der Waals surface area (Å²) in [6.45, 7) is 4.76. The fraction of sp³-hybridized carbons (Fsp3) is 0.240. The minimum Gasteiger partial charge on any atom is -0.377 e. The minimum absolute atomic E-state index is 0.0353. The van der Waals surface area contributed by atoms with Crippen LogP contribution in [0.5, 0.6) is 0 Å². The summed E-state index contributed by atoms with van der Waals surface area (Å²) in [5, 5.41) is 4.90. The summed E-state index contributed by atoms with van der Waals surface area (Å²) in [4.78, 5) is 16.3. The van der Waals surface area contributed by atoms with Crippen molar-refractivity contribution >= 4 is 39.7 Å². The second-order valence-corrected chi connectivity index (χ2v) is 8.52. The van der Waals surface area contributed by atoms with Gasteiger partial charge in [-0.25, -0.2) is 14.4 Å². The molecule has 1 aliphatic heterocycles. The number of anilines is 3. The van der Waals surface area contributed by atoms with Crippen LogP contribution < -0.4 is 10.2 Å². The molecule has 0 radical (unpaired) electrons. The zero-order chi connectivity index (χ0) is 22.2. The first-order valence-corrected chi connectivity index (χ1v) is 11.1. The number of nitrogens with zero attached hydrogens (tertiary/aromatic N) is 4. The Balaban J connectivity index is 1.49. The number of halogens is 2. The van der Waals surface area contributed by atoms with Crippen LogP contribution in [0, 0.1) is 12.7 Å². The first-order valence-electron chi connectivity index (χ1n) is 10.7. The predicted octanol–water partition coefficient (Wildman–Crippen LogP) is 6.38. The van der Waals surface area contributed by atoms with E-state index in [0.717, 1.165) is 53.5 Å². The second-order valence-electron chi connectivity index (χ2n) is 8.09. The van der Waals surface area contributed by atoms with E-state index in [1.165, 1.54) is 12.1 Å². The summed E-state index contributed by atoms with van der Waals surface area (Å²) in [5.41, 5.74) is 4.75. The molecule has 0 spiro atoms. The normalized spacial score (nSPS) is 14.3. The van der Waals surface area contributed by atoms with Crippen molar-refractivity contribution in [3.8, 4) is 0 Å². The Morgan fingerprint density at radius 1 is 1.03 bits per heavy atom. The zero-order valence-electron chi connectivity index (χ0n) is 17.9. The number of hydrogen-bond acceptors (Lipinski definition) is 5. The van der Waals surface area contributed by atoms with Gasteiger partial charge in [-0.05, 0) is 81.3 Å². The quantitative estimate of drug-likeness (QED) is 0.393. The van der Waals surface area contributed by atoms with Gasteiger partial charge in [0, 0.05) is 22.6 Å². The van der Waals surface area contributed by atoms with E-state index in [2.05, 4.69) is 33.2 Å². The van der Waals surface area contributed by atoms with Crippen LogP contribution in [0.2, 0.25) is 5.02 Å². The lowest BCUT2D eigenvalue weighted by molar-refractivity contribution is 0.629. The van der Waals surface area contributed by atoms with Gasteiger partial charge in [-0.1, -0.05) is 11.6 Å². The van der Waals surface area contributed by atoms with Crippen molar-refractivity contribution in [2.75, 3.05) is 16.8 Å². The Labute approximate surface area is 191 Å². The lowest BCUT2D eigenvalue weighted by atomic mass is 10.0. The standard InChI is InChI=1S/C25H23ClFN5/c1-15(28-19-8-5-17(26)6-9-19)21-11-12-24-23(31-21)4-3-13-32(24)25-20-14-18(27)7-10-22(20)29-16(2)30-25/h5-12,14-15,28H,3-4,13H2,1-2H3. The third kappa shape index (κ3) is 3.98.